The second kappa shape index (κ2) is 10.9. The van der Waals surface area contributed by atoms with Crippen LogP contribution in [0.5, 0.6) is 5.75 Å². The van der Waals surface area contributed by atoms with Crippen LogP contribution < -0.4 is 10.1 Å². The molecule has 33 heavy (non-hydrogen) atoms. The number of anilines is 1. The molecule has 1 N–H and O–H groups in total. The monoisotopic (exact) mass is 542 g/mol. The van der Waals surface area contributed by atoms with Gasteiger partial charge in [0.05, 0.1) is 17.4 Å². The predicted molar refractivity (Wildman–Crippen MR) is 136 cm³/mol. The SMILES string of the molecule is CCOc1ccc(-n2c(SCC(=O)Nc3cccc(Br)c3)nnc2-c2ccccc2Cl)cc1. The molecule has 0 aliphatic heterocycles. The average molecular weight is 544 g/mol. The van der Waals surface area contributed by atoms with Crippen molar-refractivity contribution in [3.8, 4) is 22.8 Å². The van der Waals surface area contributed by atoms with Gasteiger partial charge in [0.25, 0.3) is 0 Å². The first kappa shape index (κ1) is 23.4. The molecule has 1 aromatic heterocycles. The zero-order valence-electron chi connectivity index (χ0n) is 17.7. The summed E-state index contributed by atoms with van der Waals surface area (Å²) in [6.07, 6.45) is 0. The lowest BCUT2D eigenvalue weighted by Gasteiger charge is -2.12. The van der Waals surface area contributed by atoms with Crippen molar-refractivity contribution in [1.29, 1.82) is 0 Å². The van der Waals surface area contributed by atoms with Gasteiger partial charge in [-0.05, 0) is 61.5 Å². The predicted octanol–water partition coefficient (Wildman–Crippen LogP) is 6.48. The molecule has 1 heterocycles. The highest BCUT2D eigenvalue weighted by atomic mass is 79.9. The average Bonchev–Trinajstić information content (AvgIpc) is 3.22. The van der Waals surface area contributed by atoms with E-state index in [9.17, 15) is 4.79 Å². The fourth-order valence-electron chi connectivity index (χ4n) is 3.16. The summed E-state index contributed by atoms with van der Waals surface area (Å²) in [6.45, 7) is 2.53. The van der Waals surface area contributed by atoms with E-state index in [1.807, 2.05) is 84.3 Å². The number of aromatic nitrogens is 3. The fourth-order valence-corrected chi connectivity index (χ4v) is 4.54. The van der Waals surface area contributed by atoms with E-state index in [0.29, 0.717) is 22.6 Å². The molecule has 0 saturated heterocycles. The van der Waals surface area contributed by atoms with Crippen molar-refractivity contribution in [3.63, 3.8) is 0 Å². The van der Waals surface area contributed by atoms with E-state index >= 15 is 0 Å². The Kier molecular flexibility index (Phi) is 7.69. The molecule has 0 atom stereocenters. The topological polar surface area (TPSA) is 69.0 Å². The van der Waals surface area contributed by atoms with E-state index in [1.54, 1.807) is 0 Å². The molecule has 0 radical (unpaired) electrons. The van der Waals surface area contributed by atoms with Crippen molar-refractivity contribution >= 4 is 50.9 Å². The summed E-state index contributed by atoms with van der Waals surface area (Å²) < 4.78 is 8.36. The van der Waals surface area contributed by atoms with Crippen LogP contribution in [0.3, 0.4) is 0 Å². The highest BCUT2D eigenvalue weighted by molar-refractivity contribution is 9.10. The fraction of sp³-hybridized carbons (Fsp3) is 0.125. The maximum absolute atomic E-state index is 12.6. The molecule has 1 amide bonds. The first-order valence-corrected chi connectivity index (χ1v) is 12.3. The van der Waals surface area contributed by atoms with Crippen LogP contribution in [0.1, 0.15) is 6.92 Å². The van der Waals surface area contributed by atoms with E-state index in [0.717, 1.165) is 27.2 Å². The first-order valence-electron chi connectivity index (χ1n) is 10.2. The number of carbonyl (C=O) groups excluding carboxylic acids is 1. The van der Waals surface area contributed by atoms with Crippen molar-refractivity contribution in [2.75, 3.05) is 17.7 Å². The van der Waals surface area contributed by atoms with Crippen LogP contribution in [-0.4, -0.2) is 33.0 Å². The number of thioether (sulfide) groups is 1. The number of nitrogens with one attached hydrogen (secondary N) is 1. The largest absolute Gasteiger partial charge is 0.494 e. The van der Waals surface area contributed by atoms with E-state index in [2.05, 4.69) is 31.4 Å². The van der Waals surface area contributed by atoms with E-state index < -0.39 is 0 Å². The Hall–Kier alpha value is -2.81. The molecule has 0 unspecified atom stereocenters. The number of benzene rings is 3. The van der Waals surface area contributed by atoms with Crippen LogP contribution >= 0.6 is 39.3 Å². The van der Waals surface area contributed by atoms with E-state index in [1.165, 1.54) is 11.8 Å². The van der Waals surface area contributed by atoms with Gasteiger partial charge >= 0.3 is 0 Å². The molecule has 9 heteroatoms. The highest BCUT2D eigenvalue weighted by Gasteiger charge is 2.19. The summed E-state index contributed by atoms with van der Waals surface area (Å²) in [4.78, 5) is 12.6. The van der Waals surface area contributed by atoms with Gasteiger partial charge in [-0.15, -0.1) is 10.2 Å². The Morgan fingerprint density at radius 1 is 1.09 bits per heavy atom. The molecule has 0 fully saturated rings. The van der Waals surface area contributed by atoms with Gasteiger partial charge in [-0.1, -0.05) is 57.5 Å². The summed E-state index contributed by atoms with van der Waals surface area (Å²) in [5.41, 5.74) is 2.32. The minimum Gasteiger partial charge on any atom is -0.494 e. The number of amides is 1. The smallest absolute Gasteiger partial charge is 0.234 e. The second-order valence-corrected chi connectivity index (χ2v) is 9.16. The second-order valence-electron chi connectivity index (χ2n) is 6.90. The lowest BCUT2D eigenvalue weighted by molar-refractivity contribution is -0.113. The molecule has 0 bridgehead atoms. The van der Waals surface area contributed by atoms with Crippen LogP contribution in [0.4, 0.5) is 5.69 Å². The van der Waals surface area contributed by atoms with Crippen LogP contribution in [0, 0.1) is 0 Å². The Morgan fingerprint density at radius 2 is 1.88 bits per heavy atom. The van der Waals surface area contributed by atoms with Gasteiger partial charge in [0.15, 0.2) is 11.0 Å². The highest BCUT2D eigenvalue weighted by Crippen LogP contribution is 2.32. The summed E-state index contributed by atoms with van der Waals surface area (Å²) in [6, 6.07) is 22.6. The van der Waals surface area contributed by atoms with Gasteiger partial charge in [0.2, 0.25) is 5.91 Å². The van der Waals surface area contributed by atoms with E-state index in [-0.39, 0.29) is 11.7 Å². The minimum atomic E-state index is -0.140. The normalized spacial score (nSPS) is 10.8. The molecule has 6 nitrogen and oxygen atoms in total. The summed E-state index contributed by atoms with van der Waals surface area (Å²) in [5.74, 6) is 1.40. The van der Waals surface area contributed by atoms with Crippen molar-refractivity contribution in [1.82, 2.24) is 14.8 Å². The molecule has 0 aliphatic rings. The van der Waals surface area contributed by atoms with Crippen LogP contribution in [0.15, 0.2) is 82.4 Å². The Labute approximate surface area is 209 Å². The number of halogens is 2. The molecule has 0 spiro atoms. The zero-order chi connectivity index (χ0) is 23.2. The number of ether oxygens (including phenoxy) is 1. The Balaban J connectivity index is 1.62. The molecule has 0 saturated carbocycles. The lowest BCUT2D eigenvalue weighted by atomic mass is 10.2. The molecular weight excluding hydrogens is 524 g/mol. The molecular formula is C24H20BrClN4O2S. The number of hydrogen-bond acceptors (Lipinski definition) is 5. The maximum atomic E-state index is 12.6. The summed E-state index contributed by atoms with van der Waals surface area (Å²) in [7, 11) is 0. The van der Waals surface area contributed by atoms with Gasteiger partial charge < -0.3 is 10.1 Å². The van der Waals surface area contributed by atoms with E-state index in [4.69, 9.17) is 16.3 Å². The zero-order valence-corrected chi connectivity index (χ0v) is 20.8. The van der Waals surface area contributed by atoms with Crippen LogP contribution in [0.2, 0.25) is 5.02 Å². The number of rotatable bonds is 8. The van der Waals surface area contributed by atoms with Gasteiger partial charge in [-0.25, -0.2) is 0 Å². The molecule has 4 aromatic rings. The molecule has 3 aromatic carbocycles. The van der Waals surface area contributed by atoms with Crippen molar-refractivity contribution in [2.45, 2.75) is 12.1 Å². The van der Waals surface area contributed by atoms with Crippen molar-refractivity contribution < 1.29 is 9.53 Å². The summed E-state index contributed by atoms with van der Waals surface area (Å²) in [5, 5.41) is 12.8. The van der Waals surface area contributed by atoms with Crippen LogP contribution in [-0.2, 0) is 4.79 Å². The van der Waals surface area contributed by atoms with Gasteiger partial charge in [0.1, 0.15) is 5.75 Å². The minimum absolute atomic E-state index is 0.140. The van der Waals surface area contributed by atoms with Gasteiger partial charge in [-0.2, -0.15) is 0 Å². The van der Waals surface area contributed by atoms with Crippen molar-refractivity contribution in [3.05, 3.63) is 82.3 Å². The number of carbonyl (C=O) groups is 1. The Morgan fingerprint density at radius 3 is 2.61 bits per heavy atom. The third kappa shape index (κ3) is 5.76. The molecule has 0 aliphatic carbocycles. The Bertz CT molecular complexity index is 1260. The maximum Gasteiger partial charge on any atom is 0.234 e. The molecule has 4 rings (SSSR count). The number of nitrogens with zero attached hydrogens (tertiary/aromatic N) is 3. The van der Waals surface area contributed by atoms with Crippen LogP contribution in [0.25, 0.3) is 17.1 Å². The lowest BCUT2D eigenvalue weighted by Crippen LogP contribution is -2.14. The summed E-state index contributed by atoms with van der Waals surface area (Å²) >= 11 is 11.2. The third-order valence-electron chi connectivity index (χ3n) is 4.59. The van der Waals surface area contributed by atoms with Gasteiger partial charge in [-0.3, -0.25) is 9.36 Å². The number of hydrogen-bond donors (Lipinski definition) is 1. The standard InChI is InChI=1S/C24H20BrClN4O2S/c1-2-32-19-12-10-18(11-13-19)30-23(20-8-3-4-9-21(20)26)28-29-24(30)33-15-22(31)27-17-7-5-6-16(25)14-17/h3-14H,2,15H2,1H3,(H,27,31). The van der Waals surface area contributed by atoms with Gasteiger partial charge in [0, 0.05) is 21.4 Å². The quantitative estimate of drug-likeness (QED) is 0.258. The first-order chi connectivity index (χ1) is 16.0. The molecule has 168 valence electrons. The third-order valence-corrected chi connectivity index (χ3v) is 6.35. The van der Waals surface area contributed by atoms with Crippen molar-refractivity contribution in [2.24, 2.45) is 0 Å².